The van der Waals surface area contributed by atoms with Crippen LogP contribution in [0.15, 0.2) is 27.0 Å². The molecule has 2 heterocycles. The first-order chi connectivity index (χ1) is 10.1. The average molecular weight is 321 g/mol. The molecule has 3 aromatic rings. The second-order valence-corrected chi connectivity index (χ2v) is 6.90. The Bertz CT molecular complexity index is 848. The molecule has 110 valence electrons. The molecule has 0 radical (unpaired) electrons. The van der Waals surface area contributed by atoms with Crippen molar-refractivity contribution in [2.45, 2.75) is 36.9 Å². The summed E-state index contributed by atoms with van der Waals surface area (Å²) in [4.78, 5) is 17.0. The van der Waals surface area contributed by atoms with E-state index in [1.807, 2.05) is 26.0 Å². The van der Waals surface area contributed by atoms with Crippen LogP contribution in [0.2, 0.25) is 0 Å². The molecule has 8 heteroatoms. The molecule has 0 atom stereocenters. The molecule has 0 saturated heterocycles. The molecule has 0 unspecified atom stereocenters. The molecule has 0 aliphatic heterocycles. The van der Waals surface area contributed by atoms with Gasteiger partial charge in [0.05, 0.1) is 15.2 Å². The smallest absolute Gasteiger partial charge is 0.343 e. The second-order valence-electron chi connectivity index (χ2n) is 4.66. The number of nitrogens with one attached hydrogen (secondary N) is 1. The van der Waals surface area contributed by atoms with Crippen LogP contribution in [-0.4, -0.2) is 19.7 Å². The number of H-pyrrole nitrogens is 1. The van der Waals surface area contributed by atoms with Gasteiger partial charge in [-0.05, 0) is 37.2 Å². The Kier molecular flexibility index (Phi) is 3.73. The van der Waals surface area contributed by atoms with Crippen molar-refractivity contribution in [3.05, 3.63) is 27.6 Å². The molecule has 0 amide bonds. The Labute approximate surface area is 129 Å². The van der Waals surface area contributed by atoms with Crippen LogP contribution in [0.25, 0.3) is 10.2 Å². The van der Waals surface area contributed by atoms with E-state index in [0.29, 0.717) is 17.4 Å². The van der Waals surface area contributed by atoms with E-state index in [4.69, 9.17) is 5.73 Å². The van der Waals surface area contributed by atoms with Crippen molar-refractivity contribution in [1.29, 1.82) is 0 Å². The van der Waals surface area contributed by atoms with Gasteiger partial charge in [0.25, 0.3) is 0 Å². The Morgan fingerprint density at radius 1 is 1.48 bits per heavy atom. The maximum absolute atomic E-state index is 11.7. The highest BCUT2D eigenvalue weighted by Crippen LogP contribution is 2.35. The summed E-state index contributed by atoms with van der Waals surface area (Å²) in [6, 6.07) is 3.88. The molecule has 1 aromatic carbocycles. The van der Waals surface area contributed by atoms with Crippen LogP contribution in [0.1, 0.15) is 18.4 Å². The number of nitrogens with zero attached hydrogens (tertiary/aromatic N) is 3. The van der Waals surface area contributed by atoms with Gasteiger partial charge < -0.3 is 5.73 Å². The van der Waals surface area contributed by atoms with E-state index in [1.165, 1.54) is 11.8 Å². The molecule has 6 nitrogen and oxygen atoms in total. The zero-order chi connectivity index (χ0) is 15.0. The van der Waals surface area contributed by atoms with E-state index in [2.05, 4.69) is 15.2 Å². The zero-order valence-corrected chi connectivity index (χ0v) is 13.3. The zero-order valence-electron chi connectivity index (χ0n) is 11.7. The maximum Gasteiger partial charge on any atom is 0.343 e. The normalized spacial score (nSPS) is 11.3. The monoisotopic (exact) mass is 321 g/mol. The van der Waals surface area contributed by atoms with Crippen molar-refractivity contribution in [2.24, 2.45) is 0 Å². The first kappa shape index (κ1) is 14.2. The Morgan fingerprint density at radius 3 is 3.05 bits per heavy atom. The van der Waals surface area contributed by atoms with Gasteiger partial charge >= 0.3 is 5.69 Å². The van der Waals surface area contributed by atoms with Gasteiger partial charge in [-0.15, -0.1) is 16.4 Å². The summed E-state index contributed by atoms with van der Waals surface area (Å²) in [5.41, 5.74) is 7.52. The van der Waals surface area contributed by atoms with Crippen LogP contribution in [0.3, 0.4) is 0 Å². The van der Waals surface area contributed by atoms with Crippen LogP contribution in [0.5, 0.6) is 0 Å². The summed E-state index contributed by atoms with van der Waals surface area (Å²) >= 11 is 3.01. The lowest BCUT2D eigenvalue weighted by Crippen LogP contribution is -2.17. The lowest BCUT2D eigenvalue weighted by molar-refractivity contribution is 0.604. The summed E-state index contributed by atoms with van der Waals surface area (Å²) in [6.07, 6.45) is 0.868. The van der Waals surface area contributed by atoms with Crippen molar-refractivity contribution in [1.82, 2.24) is 19.7 Å². The molecule has 0 saturated carbocycles. The maximum atomic E-state index is 11.7. The molecule has 3 N–H and O–H groups in total. The summed E-state index contributed by atoms with van der Waals surface area (Å²) in [5, 5.41) is 8.19. The molecule has 0 fully saturated rings. The van der Waals surface area contributed by atoms with E-state index in [1.54, 1.807) is 15.9 Å². The number of nitrogens with two attached hydrogens (primary N) is 1. The van der Waals surface area contributed by atoms with Gasteiger partial charge in [0.15, 0.2) is 5.16 Å². The number of aromatic nitrogens is 4. The van der Waals surface area contributed by atoms with Gasteiger partial charge in [-0.2, -0.15) is 0 Å². The molecular formula is C13H15N5OS2. The van der Waals surface area contributed by atoms with Crippen molar-refractivity contribution >= 4 is 39.0 Å². The minimum Gasteiger partial charge on any atom is -0.398 e. The van der Waals surface area contributed by atoms with Crippen LogP contribution in [-0.2, 0) is 6.54 Å². The van der Waals surface area contributed by atoms with Crippen LogP contribution in [0, 0.1) is 6.92 Å². The van der Waals surface area contributed by atoms with Gasteiger partial charge in [-0.25, -0.2) is 14.9 Å². The van der Waals surface area contributed by atoms with E-state index >= 15 is 0 Å². The summed E-state index contributed by atoms with van der Waals surface area (Å²) < 4.78 is 2.70. The van der Waals surface area contributed by atoms with E-state index < -0.39 is 0 Å². The number of anilines is 1. The van der Waals surface area contributed by atoms with Gasteiger partial charge in [0.1, 0.15) is 0 Å². The number of hydrogen-bond donors (Lipinski definition) is 2. The van der Waals surface area contributed by atoms with E-state index in [-0.39, 0.29) is 5.69 Å². The van der Waals surface area contributed by atoms with Crippen molar-refractivity contribution in [3.63, 3.8) is 0 Å². The minimum atomic E-state index is -0.191. The lowest BCUT2D eigenvalue weighted by atomic mass is 10.3. The summed E-state index contributed by atoms with van der Waals surface area (Å²) in [7, 11) is 0. The SMILES string of the molecule is CCCn1c(Sc2cc3nc(C)sc3cc2N)n[nH]c1=O. The number of aromatic amines is 1. The number of hydrogen-bond acceptors (Lipinski definition) is 6. The standard InChI is InChI=1S/C13H15N5OS2/c1-3-4-18-12(19)16-17-13(18)21-10-6-9-11(5-8(10)14)20-7(2)15-9/h5-6H,3-4,14H2,1-2H3,(H,16,19). The number of rotatable bonds is 4. The third kappa shape index (κ3) is 2.68. The molecular weight excluding hydrogens is 306 g/mol. The first-order valence-corrected chi connectivity index (χ1v) is 8.21. The molecule has 3 rings (SSSR count). The largest absolute Gasteiger partial charge is 0.398 e. The van der Waals surface area contributed by atoms with Crippen LogP contribution < -0.4 is 11.4 Å². The molecule has 0 aliphatic rings. The van der Waals surface area contributed by atoms with Gasteiger partial charge in [0.2, 0.25) is 0 Å². The topological polar surface area (TPSA) is 89.6 Å². The third-order valence-corrected chi connectivity index (χ3v) is 5.00. The van der Waals surface area contributed by atoms with Crippen LogP contribution >= 0.6 is 23.1 Å². The number of fused-ring (bicyclic) bond motifs is 1. The summed E-state index contributed by atoms with van der Waals surface area (Å²) in [6.45, 7) is 4.63. The summed E-state index contributed by atoms with van der Waals surface area (Å²) in [5.74, 6) is 0. The van der Waals surface area contributed by atoms with Crippen molar-refractivity contribution < 1.29 is 0 Å². The van der Waals surface area contributed by atoms with Crippen molar-refractivity contribution in [2.75, 3.05) is 5.73 Å². The predicted molar refractivity (Wildman–Crippen MR) is 86.0 cm³/mol. The molecule has 0 spiro atoms. The average Bonchev–Trinajstić information content (AvgIpc) is 2.95. The fourth-order valence-electron chi connectivity index (χ4n) is 2.07. The van der Waals surface area contributed by atoms with Gasteiger partial charge in [-0.1, -0.05) is 6.92 Å². The molecule has 0 bridgehead atoms. The molecule has 21 heavy (non-hydrogen) atoms. The number of aryl methyl sites for hydroxylation is 1. The quantitative estimate of drug-likeness (QED) is 0.721. The minimum absolute atomic E-state index is 0.191. The second kappa shape index (κ2) is 5.53. The highest BCUT2D eigenvalue weighted by molar-refractivity contribution is 7.99. The van der Waals surface area contributed by atoms with E-state index in [0.717, 1.165) is 26.5 Å². The molecule has 2 aromatic heterocycles. The highest BCUT2D eigenvalue weighted by Gasteiger charge is 2.13. The third-order valence-electron chi connectivity index (χ3n) is 3.00. The van der Waals surface area contributed by atoms with E-state index in [9.17, 15) is 4.79 Å². The Balaban J connectivity index is 2.01. The highest BCUT2D eigenvalue weighted by atomic mass is 32.2. The fraction of sp³-hybridized carbons (Fsp3) is 0.308. The Morgan fingerprint density at radius 2 is 2.29 bits per heavy atom. The predicted octanol–water partition coefficient (Wildman–Crippen LogP) is 2.63. The van der Waals surface area contributed by atoms with Gasteiger partial charge in [0, 0.05) is 17.1 Å². The van der Waals surface area contributed by atoms with Crippen LogP contribution in [0.4, 0.5) is 5.69 Å². The van der Waals surface area contributed by atoms with Crippen molar-refractivity contribution in [3.8, 4) is 0 Å². The first-order valence-electron chi connectivity index (χ1n) is 6.58. The molecule has 0 aliphatic carbocycles. The Hall–Kier alpha value is -1.80. The lowest BCUT2D eigenvalue weighted by Gasteiger charge is -2.06. The van der Waals surface area contributed by atoms with Gasteiger partial charge in [-0.3, -0.25) is 4.57 Å². The number of nitrogen functional groups attached to an aromatic ring is 1. The number of benzene rings is 1. The fourth-order valence-corrected chi connectivity index (χ4v) is 3.85. The number of thiazole rings is 1.